The zero-order valence-corrected chi connectivity index (χ0v) is 27.7. The van der Waals surface area contributed by atoms with Crippen LogP contribution >= 0.6 is 0 Å². The van der Waals surface area contributed by atoms with Gasteiger partial charge in [-0.15, -0.1) is 0 Å². The van der Waals surface area contributed by atoms with Gasteiger partial charge in [0.2, 0.25) is 0 Å². The maximum atomic E-state index is 2.56. The van der Waals surface area contributed by atoms with Gasteiger partial charge in [-0.2, -0.15) is 0 Å². The van der Waals surface area contributed by atoms with Crippen molar-refractivity contribution in [1.82, 2.24) is 0 Å². The Morgan fingerprint density at radius 1 is 0.525 bits per heavy atom. The molecule has 40 heavy (non-hydrogen) atoms. The summed E-state index contributed by atoms with van der Waals surface area (Å²) in [5, 5.41) is 0. The van der Waals surface area contributed by atoms with E-state index in [1.807, 2.05) is 0 Å². The summed E-state index contributed by atoms with van der Waals surface area (Å²) in [6, 6.07) is 32.5. The first kappa shape index (κ1) is 29.3. The van der Waals surface area contributed by atoms with Crippen molar-refractivity contribution in [3.8, 4) is 22.3 Å². The van der Waals surface area contributed by atoms with Gasteiger partial charge in [-0.25, -0.2) is 0 Å². The SMILES string of the molecule is CC1=Cc2c(-c3ccc(C)cc3)cccc2[CH]1[Zr+2]1([CH]2C(C)=Cc3c(-c4ccc(C)cc4)cccc32)[CH2]C[CH2]1.[Cl-].[Cl-]. The number of fused-ring (bicyclic) bond motifs is 2. The van der Waals surface area contributed by atoms with Crippen LogP contribution in [-0.2, 0) is 20.3 Å². The Morgan fingerprint density at radius 2 is 0.925 bits per heavy atom. The Bertz CT molecular complexity index is 1500. The van der Waals surface area contributed by atoms with E-state index in [0.717, 1.165) is 0 Å². The zero-order valence-electron chi connectivity index (χ0n) is 23.8. The van der Waals surface area contributed by atoms with Crippen LogP contribution in [0, 0.1) is 13.8 Å². The average Bonchev–Trinajstić information content (AvgIpc) is 3.41. The maximum Gasteiger partial charge on any atom is -1.00 e. The molecule has 0 radical (unpaired) electrons. The minimum absolute atomic E-state index is 0. The molecule has 0 aromatic heterocycles. The molecule has 1 heterocycles. The van der Waals surface area contributed by atoms with E-state index in [1.54, 1.807) is 22.3 Å². The molecule has 3 aliphatic rings. The summed E-state index contributed by atoms with van der Waals surface area (Å²) >= 11 is -2.71. The minimum Gasteiger partial charge on any atom is -1.00 e. The monoisotopic (exact) mass is 640 g/mol. The first-order chi connectivity index (χ1) is 18.5. The van der Waals surface area contributed by atoms with Crippen molar-refractivity contribution in [2.24, 2.45) is 0 Å². The molecule has 0 amide bonds. The molecular formula is C37H36Cl2Zr. The normalized spacial score (nSPS) is 19.0. The first-order valence-corrected chi connectivity index (χ1v) is 20.5. The van der Waals surface area contributed by atoms with Gasteiger partial charge in [0.05, 0.1) is 0 Å². The van der Waals surface area contributed by atoms with E-state index in [9.17, 15) is 0 Å². The molecule has 0 saturated carbocycles. The van der Waals surface area contributed by atoms with Gasteiger partial charge in [0, 0.05) is 0 Å². The predicted molar refractivity (Wildman–Crippen MR) is 160 cm³/mol. The number of benzene rings is 4. The second-order valence-electron chi connectivity index (χ2n) is 12.1. The van der Waals surface area contributed by atoms with Gasteiger partial charge in [0.25, 0.3) is 0 Å². The Labute approximate surface area is 256 Å². The molecule has 202 valence electrons. The average molecular weight is 643 g/mol. The molecule has 1 saturated heterocycles. The van der Waals surface area contributed by atoms with Crippen LogP contribution < -0.4 is 24.8 Å². The van der Waals surface area contributed by atoms with Crippen LogP contribution in [0.2, 0.25) is 8.26 Å². The molecular weight excluding hydrogens is 607 g/mol. The smallest absolute Gasteiger partial charge is 1.00 e. The summed E-state index contributed by atoms with van der Waals surface area (Å²) < 4.78 is 4.37. The van der Waals surface area contributed by atoms with Crippen LogP contribution in [-0.4, -0.2) is 0 Å². The van der Waals surface area contributed by atoms with Crippen molar-refractivity contribution in [3.63, 3.8) is 0 Å². The van der Waals surface area contributed by atoms with Crippen LogP contribution in [0.3, 0.4) is 0 Å². The van der Waals surface area contributed by atoms with E-state index >= 15 is 0 Å². The van der Waals surface area contributed by atoms with Gasteiger partial charge < -0.3 is 24.8 Å². The fourth-order valence-corrected chi connectivity index (χ4v) is 23.6. The van der Waals surface area contributed by atoms with Crippen LogP contribution in [0.1, 0.15) is 60.9 Å². The fourth-order valence-electron chi connectivity index (χ4n) is 7.93. The largest absolute Gasteiger partial charge is 1.00 e. The molecule has 4 aromatic rings. The van der Waals surface area contributed by atoms with Gasteiger partial charge in [0.1, 0.15) is 0 Å². The third kappa shape index (κ3) is 4.54. The van der Waals surface area contributed by atoms with Crippen molar-refractivity contribution >= 4 is 12.2 Å². The predicted octanol–water partition coefficient (Wildman–Crippen LogP) is 4.66. The standard InChI is InChI=1S/2C17H15.C3H6.2ClH.Zr/c2*1-12-6-8-14(9-7-12)16-5-3-4-15-10-13(2)11-17(15)16;1-3-2;;;/h2*3-11H,1-2H3;1-3H2;2*1H;/q;;;;;+2/p-2. The molecule has 0 spiro atoms. The maximum absolute atomic E-state index is 2.71. The molecule has 4 aromatic carbocycles. The first-order valence-electron chi connectivity index (χ1n) is 14.2. The molecule has 1 aliphatic heterocycles. The molecule has 2 unspecified atom stereocenters. The van der Waals surface area contributed by atoms with Gasteiger partial charge in [-0.3, -0.25) is 0 Å². The van der Waals surface area contributed by atoms with Crippen molar-refractivity contribution < 1.29 is 45.1 Å². The molecule has 7 rings (SSSR count). The minimum atomic E-state index is -2.71. The number of aryl methyl sites for hydroxylation is 2. The van der Waals surface area contributed by atoms with Crippen LogP contribution in [0.25, 0.3) is 34.4 Å². The van der Waals surface area contributed by atoms with E-state index < -0.39 is 20.3 Å². The number of allylic oxidation sites excluding steroid dienone is 2. The van der Waals surface area contributed by atoms with Crippen molar-refractivity contribution in [2.45, 2.75) is 49.6 Å². The van der Waals surface area contributed by atoms with Crippen LogP contribution in [0.5, 0.6) is 0 Å². The Morgan fingerprint density at radius 3 is 1.27 bits per heavy atom. The summed E-state index contributed by atoms with van der Waals surface area (Å²) in [5.41, 5.74) is 17.7. The molecule has 3 heteroatoms. The quantitative estimate of drug-likeness (QED) is 0.304. The number of hydrogen-bond donors (Lipinski definition) is 0. The third-order valence-electron chi connectivity index (χ3n) is 9.72. The second kappa shape index (κ2) is 11.2. The van der Waals surface area contributed by atoms with Gasteiger partial charge in [-0.1, -0.05) is 0 Å². The summed E-state index contributed by atoms with van der Waals surface area (Å²) in [6.45, 7) is 9.23. The molecule has 2 atom stereocenters. The van der Waals surface area contributed by atoms with Gasteiger partial charge >= 0.3 is 234 Å². The fraction of sp³-hybridized carbons (Fsp3) is 0.243. The van der Waals surface area contributed by atoms with Crippen molar-refractivity contribution in [2.75, 3.05) is 0 Å². The number of hydrogen-bond acceptors (Lipinski definition) is 0. The second-order valence-corrected chi connectivity index (χ2v) is 23.4. The van der Waals surface area contributed by atoms with Crippen molar-refractivity contribution in [1.29, 1.82) is 0 Å². The van der Waals surface area contributed by atoms with Crippen molar-refractivity contribution in [3.05, 3.63) is 129 Å². The Hall–Kier alpha value is -2.18. The molecule has 1 fully saturated rings. The zero-order chi connectivity index (χ0) is 26.0. The topological polar surface area (TPSA) is 0 Å². The Balaban J connectivity index is 0.00000161. The Kier molecular flexibility index (Phi) is 8.24. The van der Waals surface area contributed by atoms with Crippen LogP contribution in [0.15, 0.2) is 96.1 Å². The third-order valence-corrected chi connectivity index (χ3v) is 25.5. The van der Waals surface area contributed by atoms with Crippen LogP contribution in [0.4, 0.5) is 0 Å². The van der Waals surface area contributed by atoms with Gasteiger partial charge in [0.15, 0.2) is 0 Å². The molecule has 2 aliphatic carbocycles. The number of rotatable bonds is 4. The molecule has 0 N–H and O–H groups in total. The summed E-state index contributed by atoms with van der Waals surface area (Å²) in [7, 11) is 0. The molecule has 0 bridgehead atoms. The van der Waals surface area contributed by atoms with Gasteiger partial charge in [-0.05, 0) is 0 Å². The van der Waals surface area contributed by atoms with E-state index in [2.05, 4.69) is 125 Å². The van der Waals surface area contributed by atoms with E-state index in [-0.39, 0.29) is 24.8 Å². The van der Waals surface area contributed by atoms with E-state index in [0.29, 0.717) is 7.25 Å². The summed E-state index contributed by atoms with van der Waals surface area (Å²) in [6.07, 6.45) is 6.54. The summed E-state index contributed by atoms with van der Waals surface area (Å²) in [4.78, 5) is 0. The van der Waals surface area contributed by atoms with E-state index in [1.165, 1.54) is 59.2 Å². The number of halogens is 2. The summed E-state index contributed by atoms with van der Waals surface area (Å²) in [5.74, 6) is 0. The van der Waals surface area contributed by atoms with E-state index in [4.69, 9.17) is 0 Å². The molecule has 0 nitrogen and oxygen atoms in total.